The Labute approximate surface area is 149 Å². The third kappa shape index (κ3) is 3.30. The van der Waals surface area contributed by atoms with Crippen LogP contribution in [0.1, 0.15) is 16.1 Å². The summed E-state index contributed by atoms with van der Waals surface area (Å²) in [5.41, 5.74) is 0.702. The van der Waals surface area contributed by atoms with E-state index >= 15 is 0 Å². The van der Waals surface area contributed by atoms with Crippen LogP contribution in [0.2, 0.25) is 0 Å². The van der Waals surface area contributed by atoms with Crippen LogP contribution in [0.15, 0.2) is 47.1 Å². The molecule has 0 aliphatic heterocycles. The van der Waals surface area contributed by atoms with Crippen molar-refractivity contribution in [3.63, 3.8) is 0 Å². The fourth-order valence-corrected chi connectivity index (χ4v) is 2.55. The van der Waals surface area contributed by atoms with Crippen molar-refractivity contribution in [2.75, 3.05) is 5.32 Å². The zero-order chi connectivity index (χ0) is 18.1. The Morgan fingerprint density at radius 1 is 1.12 bits per heavy atom. The van der Waals surface area contributed by atoms with Crippen LogP contribution in [0.25, 0.3) is 5.69 Å². The van der Waals surface area contributed by atoms with Gasteiger partial charge in [0, 0.05) is 5.69 Å². The molecule has 25 heavy (non-hydrogen) atoms. The molecule has 0 unspecified atom stereocenters. The molecule has 1 heterocycles. The highest BCUT2D eigenvalue weighted by atomic mass is 79.9. The third-order valence-electron chi connectivity index (χ3n) is 3.58. The molecule has 0 atom stereocenters. The van der Waals surface area contributed by atoms with Gasteiger partial charge in [-0.15, -0.1) is 0 Å². The minimum Gasteiger partial charge on any atom is -0.322 e. The number of hydrogen-bond acceptors (Lipinski definition) is 2. The van der Waals surface area contributed by atoms with Gasteiger partial charge in [-0.3, -0.25) is 4.79 Å². The summed E-state index contributed by atoms with van der Waals surface area (Å²) in [7, 11) is 0. The third-order valence-corrected chi connectivity index (χ3v) is 4.33. The number of amides is 1. The molecule has 0 aliphatic carbocycles. The maximum Gasteiger partial charge on any atom is 0.259 e. The van der Waals surface area contributed by atoms with Crippen LogP contribution < -0.4 is 5.32 Å². The monoisotopic (exact) mass is 409 g/mol. The van der Waals surface area contributed by atoms with Crippen molar-refractivity contribution in [2.24, 2.45) is 0 Å². The van der Waals surface area contributed by atoms with Crippen LogP contribution >= 0.6 is 15.9 Å². The van der Waals surface area contributed by atoms with Gasteiger partial charge in [-0.25, -0.2) is 17.9 Å². The van der Waals surface area contributed by atoms with Gasteiger partial charge < -0.3 is 5.32 Å². The number of hydrogen-bond donors (Lipinski definition) is 1. The molecule has 4 nitrogen and oxygen atoms in total. The molecule has 2 aromatic carbocycles. The lowest BCUT2D eigenvalue weighted by atomic mass is 10.2. The highest BCUT2D eigenvalue weighted by Crippen LogP contribution is 2.24. The first-order valence-corrected chi connectivity index (χ1v) is 7.93. The van der Waals surface area contributed by atoms with Gasteiger partial charge in [0.2, 0.25) is 0 Å². The number of carbonyl (C=O) groups excluding carboxylic acids is 1. The molecule has 3 rings (SSSR count). The summed E-state index contributed by atoms with van der Waals surface area (Å²) in [6, 6.07) is 7.97. The van der Waals surface area contributed by atoms with Crippen LogP contribution in [0.4, 0.5) is 18.9 Å². The van der Waals surface area contributed by atoms with E-state index in [4.69, 9.17) is 0 Å². The normalized spacial score (nSPS) is 10.8. The van der Waals surface area contributed by atoms with Gasteiger partial charge in [-0.05, 0) is 47.1 Å². The molecular weight excluding hydrogens is 399 g/mol. The maximum absolute atomic E-state index is 13.9. The Balaban J connectivity index is 1.91. The maximum atomic E-state index is 13.9. The van der Waals surface area contributed by atoms with Gasteiger partial charge in [0.05, 0.1) is 21.9 Å². The summed E-state index contributed by atoms with van der Waals surface area (Å²) in [6.45, 7) is 1.59. The number of nitrogens with one attached hydrogen (secondary N) is 1. The van der Waals surface area contributed by atoms with E-state index < -0.39 is 23.4 Å². The Kier molecular flexibility index (Phi) is 4.63. The molecule has 1 N–H and O–H groups in total. The molecule has 128 valence electrons. The zero-order valence-electron chi connectivity index (χ0n) is 12.9. The number of rotatable bonds is 3. The summed E-state index contributed by atoms with van der Waals surface area (Å²) >= 11 is 2.76. The minimum absolute atomic E-state index is 0.0405. The fourth-order valence-electron chi connectivity index (χ4n) is 2.33. The molecule has 1 amide bonds. The molecule has 0 saturated carbocycles. The summed E-state index contributed by atoms with van der Waals surface area (Å²) in [5.74, 6) is -2.78. The Morgan fingerprint density at radius 3 is 2.40 bits per heavy atom. The number of carbonyl (C=O) groups is 1. The topological polar surface area (TPSA) is 46.9 Å². The van der Waals surface area contributed by atoms with Gasteiger partial charge in [-0.1, -0.05) is 12.1 Å². The van der Waals surface area contributed by atoms with E-state index in [1.54, 1.807) is 19.1 Å². The van der Waals surface area contributed by atoms with Gasteiger partial charge in [0.1, 0.15) is 23.1 Å². The first-order chi connectivity index (χ1) is 11.9. The molecule has 1 aromatic heterocycles. The van der Waals surface area contributed by atoms with E-state index in [9.17, 15) is 18.0 Å². The predicted molar refractivity (Wildman–Crippen MR) is 90.3 cm³/mol. The van der Waals surface area contributed by atoms with E-state index in [-0.39, 0.29) is 21.4 Å². The molecule has 0 aliphatic rings. The molecule has 0 fully saturated rings. The van der Waals surface area contributed by atoms with Crippen molar-refractivity contribution in [1.29, 1.82) is 0 Å². The smallest absolute Gasteiger partial charge is 0.259 e. The predicted octanol–water partition coefficient (Wildman–Crippen LogP) is 4.61. The van der Waals surface area contributed by atoms with Crippen LogP contribution in [-0.4, -0.2) is 15.7 Å². The molecule has 0 bridgehead atoms. The number of para-hydroxylation sites is 1. The van der Waals surface area contributed by atoms with Crippen molar-refractivity contribution in [3.8, 4) is 5.69 Å². The average Bonchev–Trinajstić information content (AvgIpc) is 2.94. The van der Waals surface area contributed by atoms with Gasteiger partial charge >= 0.3 is 0 Å². The number of anilines is 1. The summed E-state index contributed by atoms with van der Waals surface area (Å²) in [4.78, 5) is 12.4. The van der Waals surface area contributed by atoms with Crippen molar-refractivity contribution in [3.05, 3.63) is 75.8 Å². The highest BCUT2D eigenvalue weighted by Gasteiger charge is 2.18. The largest absolute Gasteiger partial charge is 0.322 e. The average molecular weight is 410 g/mol. The number of benzene rings is 2. The summed E-state index contributed by atoms with van der Waals surface area (Å²) < 4.78 is 42.0. The van der Waals surface area contributed by atoms with Crippen LogP contribution in [0.3, 0.4) is 0 Å². The Morgan fingerprint density at radius 2 is 1.76 bits per heavy atom. The van der Waals surface area contributed by atoms with Crippen LogP contribution in [0.5, 0.6) is 0 Å². The van der Waals surface area contributed by atoms with E-state index in [0.29, 0.717) is 5.69 Å². The lowest BCUT2D eigenvalue weighted by Gasteiger charge is -2.08. The van der Waals surface area contributed by atoms with E-state index in [1.807, 2.05) is 0 Å². The lowest BCUT2D eigenvalue weighted by molar-refractivity contribution is 0.102. The summed E-state index contributed by atoms with van der Waals surface area (Å²) in [6.07, 6.45) is 1.27. The standard InChI is InChI=1S/C17H11BrF3N3O/c1-9-11(8-22-24(9)15-5-3-2-4-12(15)19)17(25)23-10-6-13(20)16(18)14(21)7-10/h2-8H,1H3,(H,23,25). The molecular formula is C17H11BrF3N3O. The van der Waals surface area contributed by atoms with Crippen molar-refractivity contribution >= 4 is 27.5 Å². The minimum atomic E-state index is -0.839. The number of nitrogens with zero attached hydrogens (tertiary/aromatic N) is 2. The van der Waals surface area contributed by atoms with Gasteiger partial charge in [0.15, 0.2) is 0 Å². The van der Waals surface area contributed by atoms with E-state index in [0.717, 1.165) is 12.1 Å². The van der Waals surface area contributed by atoms with Crippen LogP contribution in [-0.2, 0) is 0 Å². The zero-order valence-corrected chi connectivity index (χ0v) is 14.4. The van der Waals surface area contributed by atoms with E-state index in [1.165, 1.54) is 23.0 Å². The van der Waals surface area contributed by atoms with Gasteiger partial charge in [0.25, 0.3) is 5.91 Å². The molecule has 3 aromatic rings. The molecule has 0 spiro atoms. The second-order valence-corrected chi connectivity index (χ2v) is 6.01. The molecule has 0 saturated heterocycles. The lowest BCUT2D eigenvalue weighted by Crippen LogP contribution is -2.13. The fraction of sp³-hybridized carbons (Fsp3) is 0.0588. The first kappa shape index (κ1) is 17.2. The van der Waals surface area contributed by atoms with Gasteiger partial charge in [-0.2, -0.15) is 5.10 Å². The Bertz CT molecular complexity index is 949. The van der Waals surface area contributed by atoms with Crippen molar-refractivity contribution < 1.29 is 18.0 Å². The Hall–Kier alpha value is -2.61. The molecule has 0 radical (unpaired) electrons. The van der Waals surface area contributed by atoms with Crippen LogP contribution in [0, 0.1) is 24.4 Å². The number of halogens is 4. The SMILES string of the molecule is Cc1c(C(=O)Nc2cc(F)c(Br)c(F)c2)cnn1-c1ccccc1F. The van der Waals surface area contributed by atoms with E-state index in [2.05, 4.69) is 26.3 Å². The number of aromatic nitrogens is 2. The second-order valence-electron chi connectivity index (χ2n) is 5.21. The van der Waals surface area contributed by atoms with Crippen molar-refractivity contribution in [2.45, 2.75) is 6.92 Å². The highest BCUT2D eigenvalue weighted by molar-refractivity contribution is 9.10. The first-order valence-electron chi connectivity index (χ1n) is 7.14. The quantitative estimate of drug-likeness (QED) is 0.641. The second kappa shape index (κ2) is 6.72. The van der Waals surface area contributed by atoms with Crippen molar-refractivity contribution in [1.82, 2.24) is 9.78 Å². The summed E-state index contributed by atoms with van der Waals surface area (Å²) in [5, 5.41) is 6.42. The molecule has 8 heteroatoms.